The standard InChI is InChI=1S/C30H36N4O/c1-23-29(14-7-15-30(23)35-26-11-6-10-25(21-26)32(2)3)34-19-17-33(18-20-34)16-8-9-24-22-31-28-13-5-4-12-27(24)28/h4-7,10-15,21-22,31H,8-9,16-20H2,1-3H3. The van der Waals surface area contributed by atoms with Gasteiger partial charge in [0.15, 0.2) is 0 Å². The van der Waals surface area contributed by atoms with Gasteiger partial charge in [0.1, 0.15) is 11.5 Å². The molecule has 1 saturated heterocycles. The summed E-state index contributed by atoms with van der Waals surface area (Å²) in [6, 6.07) is 23.2. The van der Waals surface area contributed by atoms with Crippen LogP contribution in [0.15, 0.2) is 72.9 Å². The number of rotatable bonds is 8. The van der Waals surface area contributed by atoms with Crippen LogP contribution in [0, 0.1) is 6.92 Å². The molecule has 35 heavy (non-hydrogen) atoms. The third-order valence-corrected chi connectivity index (χ3v) is 7.13. The van der Waals surface area contributed by atoms with E-state index in [4.69, 9.17) is 4.74 Å². The molecule has 0 radical (unpaired) electrons. The highest BCUT2D eigenvalue weighted by atomic mass is 16.5. The number of piperazine rings is 1. The molecule has 0 unspecified atom stereocenters. The van der Waals surface area contributed by atoms with Crippen molar-refractivity contribution in [1.82, 2.24) is 9.88 Å². The van der Waals surface area contributed by atoms with Gasteiger partial charge in [-0.3, -0.25) is 4.90 Å². The molecular formula is C30H36N4O. The summed E-state index contributed by atoms with van der Waals surface area (Å²) in [5, 5.41) is 1.36. The quantitative estimate of drug-likeness (QED) is 0.339. The van der Waals surface area contributed by atoms with Gasteiger partial charge in [-0.2, -0.15) is 0 Å². The maximum absolute atomic E-state index is 6.31. The van der Waals surface area contributed by atoms with Crippen molar-refractivity contribution in [2.75, 3.05) is 56.6 Å². The number of hydrogen-bond donors (Lipinski definition) is 1. The molecule has 1 fully saturated rings. The maximum Gasteiger partial charge on any atom is 0.132 e. The summed E-state index contributed by atoms with van der Waals surface area (Å²) in [6.45, 7) is 7.62. The van der Waals surface area contributed by atoms with Gasteiger partial charge < -0.3 is 19.5 Å². The minimum absolute atomic E-state index is 0.872. The Morgan fingerprint density at radius 1 is 0.914 bits per heavy atom. The lowest BCUT2D eigenvalue weighted by atomic mass is 10.1. The second-order valence-corrected chi connectivity index (χ2v) is 9.69. The minimum atomic E-state index is 0.872. The van der Waals surface area contributed by atoms with Gasteiger partial charge in [0.05, 0.1) is 0 Å². The number of para-hydroxylation sites is 1. The highest BCUT2D eigenvalue weighted by Crippen LogP contribution is 2.33. The van der Waals surface area contributed by atoms with E-state index in [1.54, 1.807) is 0 Å². The van der Waals surface area contributed by atoms with Crippen molar-refractivity contribution in [3.8, 4) is 11.5 Å². The monoisotopic (exact) mass is 468 g/mol. The van der Waals surface area contributed by atoms with E-state index in [0.29, 0.717) is 0 Å². The van der Waals surface area contributed by atoms with Crippen molar-refractivity contribution < 1.29 is 4.74 Å². The van der Waals surface area contributed by atoms with Gasteiger partial charge in [0, 0.05) is 80.4 Å². The molecule has 1 aliphatic heterocycles. The number of benzene rings is 3. The lowest BCUT2D eigenvalue weighted by molar-refractivity contribution is 0.255. The third kappa shape index (κ3) is 5.30. The molecule has 0 aliphatic carbocycles. The molecule has 1 aliphatic rings. The second-order valence-electron chi connectivity index (χ2n) is 9.69. The normalized spacial score (nSPS) is 14.4. The maximum atomic E-state index is 6.31. The molecule has 4 aromatic rings. The molecule has 5 nitrogen and oxygen atoms in total. The number of ether oxygens (including phenoxy) is 1. The zero-order valence-corrected chi connectivity index (χ0v) is 21.1. The number of aromatic nitrogens is 1. The third-order valence-electron chi connectivity index (χ3n) is 7.13. The number of nitrogens with one attached hydrogen (secondary N) is 1. The van der Waals surface area contributed by atoms with Crippen LogP contribution in [0.4, 0.5) is 11.4 Å². The molecule has 0 spiro atoms. The fourth-order valence-electron chi connectivity index (χ4n) is 5.05. The highest BCUT2D eigenvalue weighted by Gasteiger charge is 2.19. The van der Waals surface area contributed by atoms with E-state index in [-0.39, 0.29) is 0 Å². The van der Waals surface area contributed by atoms with Gasteiger partial charge in [-0.15, -0.1) is 0 Å². The van der Waals surface area contributed by atoms with Crippen LogP contribution < -0.4 is 14.5 Å². The second kappa shape index (κ2) is 10.4. The Bertz CT molecular complexity index is 1270. The predicted molar refractivity (Wildman–Crippen MR) is 147 cm³/mol. The molecule has 5 heteroatoms. The highest BCUT2D eigenvalue weighted by molar-refractivity contribution is 5.83. The molecule has 0 atom stereocenters. The van der Waals surface area contributed by atoms with Gasteiger partial charge in [-0.25, -0.2) is 0 Å². The summed E-state index contributed by atoms with van der Waals surface area (Å²) < 4.78 is 6.31. The summed E-state index contributed by atoms with van der Waals surface area (Å²) in [5.41, 5.74) is 6.29. The molecule has 3 aromatic carbocycles. The van der Waals surface area contributed by atoms with Crippen LogP contribution in [-0.4, -0.2) is 56.7 Å². The first-order valence-electron chi connectivity index (χ1n) is 12.7. The Morgan fingerprint density at radius 2 is 1.71 bits per heavy atom. The number of aryl methyl sites for hydroxylation is 1. The number of fused-ring (bicyclic) bond motifs is 1. The predicted octanol–water partition coefficient (Wildman–Crippen LogP) is 6.09. The van der Waals surface area contributed by atoms with Gasteiger partial charge in [-0.1, -0.05) is 30.3 Å². The van der Waals surface area contributed by atoms with Crippen LogP contribution >= 0.6 is 0 Å². The van der Waals surface area contributed by atoms with Gasteiger partial charge >= 0.3 is 0 Å². The van der Waals surface area contributed by atoms with E-state index >= 15 is 0 Å². The lowest BCUT2D eigenvalue weighted by Crippen LogP contribution is -2.46. The summed E-state index contributed by atoms with van der Waals surface area (Å²) in [5.74, 6) is 1.80. The van der Waals surface area contributed by atoms with Crippen LogP contribution in [-0.2, 0) is 6.42 Å². The molecule has 0 bridgehead atoms. The van der Waals surface area contributed by atoms with Crippen molar-refractivity contribution in [2.45, 2.75) is 19.8 Å². The minimum Gasteiger partial charge on any atom is -0.457 e. The molecule has 0 amide bonds. The fraction of sp³-hybridized carbons (Fsp3) is 0.333. The van der Waals surface area contributed by atoms with Crippen molar-refractivity contribution in [2.24, 2.45) is 0 Å². The van der Waals surface area contributed by atoms with E-state index in [2.05, 4.69) is 87.4 Å². The molecule has 2 heterocycles. The van der Waals surface area contributed by atoms with Crippen molar-refractivity contribution in [1.29, 1.82) is 0 Å². The molecule has 1 aromatic heterocycles. The SMILES string of the molecule is Cc1c(Oc2cccc(N(C)C)c2)cccc1N1CCN(CCCc2c[nH]c3ccccc23)CC1. The average molecular weight is 469 g/mol. The van der Waals surface area contributed by atoms with Crippen LogP contribution in [0.2, 0.25) is 0 Å². The fourth-order valence-corrected chi connectivity index (χ4v) is 5.05. The summed E-state index contributed by atoms with van der Waals surface area (Å²) in [4.78, 5) is 10.6. The molecule has 5 rings (SSSR count). The van der Waals surface area contributed by atoms with Crippen molar-refractivity contribution in [3.05, 3.63) is 84.1 Å². The summed E-state index contributed by atoms with van der Waals surface area (Å²) in [6.07, 6.45) is 4.49. The van der Waals surface area contributed by atoms with E-state index in [0.717, 1.165) is 56.3 Å². The van der Waals surface area contributed by atoms with E-state index < -0.39 is 0 Å². The number of nitrogens with zero attached hydrogens (tertiary/aromatic N) is 3. The first-order valence-corrected chi connectivity index (χ1v) is 12.7. The Balaban J connectivity index is 1.16. The zero-order chi connectivity index (χ0) is 24.2. The molecule has 182 valence electrons. The molecule has 1 N–H and O–H groups in total. The Hall–Kier alpha value is -3.44. The van der Waals surface area contributed by atoms with Crippen LogP contribution in [0.3, 0.4) is 0 Å². The van der Waals surface area contributed by atoms with Crippen LogP contribution in [0.5, 0.6) is 11.5 Å². The largest absolute Gasteiger partial charge is 0.457 e. The Labute approximate surface area is 208 Å². The van der Waals surface area contributed by atoms with Crippen molar-refractivity contribution >= 4 is 22.3 Å². The Morgan fingerprint density at radius 3 is 2.54 bits per heavy atom. The number of aromatic amines is 1. The van der Waals surface area contributed by atoms with Gasteiger partial charge in [0.25, 0.3) is 0 Å². The molecular weight excluding hydrogens is 432 g/mol. The summed E-state index contributed by atoms with van der Waals surface area (Å²) in [7, 11) is 4.10. The first-order chi connectivity index (χ1) is 17.1. The van der Waals surface area contributed by atoms with E-state index in [1.807, 2.05) is 26.2 Å². The number of H-pyrrole nitrogens is 1. The van der Waals surface area contributed by atoms with Gasteiger partial charge in [-0.05, 0) is 62.2 Å². The first kappa shape index (κ1) is 23.3. The zero-order valence-electron chi connectivity index (χ0n) is 21.1. The smallest absolute Gasteiger partial charge is 0.132 e. The topological polar surface area (TPSA) is 34.7 Å². The molecule has 0 saturated carbocycles. The number of anilines is 2. The van der Waals surface area contributed by atoms with Gasteiger partial charge in [0.2, 0.25) is 0 Å². The average Bonchev–Trinajstić information content (AvgIpc) is 3.29. The van der Waals surface area contributed by atoms with E-state index in [1.165, 1.54) is 34.1 Å². The Kier molecular flexibility index (Phi) is 6.96. The summed E-state index contributed by atoms with van der Waals surface area (Å²) >= 11 is 0. The van der Waals surface area contributed by atoms with Crippen LogP contribution in [0.25, 0.3) is 10.9 Å². The van der Waals surface area contributed by atoms with E-state index in [9.17, 15) is 0 Å². The lowest BCUT2D eigenvalue weighted by Gasteiger charge is -2.37. The van der Waals surface area contributed by atoms with Crippen LogP contribution in [0.1, 0.15) is 17.5 Å². The number of hydrogen-bond acceptors (Lipinski definition) is 4. The van der Waals surface area contributed by atoms with Crippen molar-refractivity contribution in [3.63, 3.8) is 0 Å².